The molecule has 0 radical (unpaired) electrons. The molecule has 0 aliphatic rings. The van der Waals surface area contributed by atoms with E-state index >= 15 is 0 Å². The molecular formula is C13H11ClN2O2. The second-order valence-corrected chi connectivity index (χ2v) is 4.04. The van der Waals surface area contributed by atoms with Crippen LogP contribution in [0.25, 0.3) is 0 Å². The molecule has 2 rings (SSSR count). The van der Waals surface area contributed by atoms with Crippen molar-refractivity contribution < 1.29 is 9.90 Å². The highest BCUT2D eigenvalue weighted by Crippen LogP contribution is 2.15. The van der Waals surface area contributed by atoms with Crippen LogP contribution in [0.2, 0.25) is 5.15 Å². The van der Waals surface area contributed by atoms with Gasteiger partial charge in [0.1, 0.15) is 16.6 Å². The fourth-order valence-corrected chi connectivity index (χ4v) is 1.62. The minimum Gasteiger partial charge on any atom is -0.508 e. The molecule has 0 spiro atoms. The van der Waals surface area contributed by atoms with E-state index in [1.165, 1.54) is 0 Å². The number of phenolic OH excluding ortho intramolecular Hbond substituents is 1. The van der Waals surface area contributed by atoms with E-state index in [2.05, 4.69) is 10.3 Å². The molecule has 92 valence electrons. The maximum absolute atomic E-state index is 11.8. The lowest BCUT2D eigenvalue weighted by Crippen LogP contribution is -2.23. The predicted octanol–water partition coefficient (Wildman–Crippen LogP) is 2.37. The third kappa shape index (κ3) is 2.99. The Balaban J connectivity index is 2.03. The van der Waals surface area contributed by atoms with Gasteiger partial charge in [-0.05, 0) is 18.2 Å². The largest absolute Gasteiger partial charge is 0.508 e. The fourth-order valence-electron chi connectivity index (χ4n) is 1.46. The average Bonchev–Trinajstić information content (AvgIpc) is 2.37. The molecule has 1 aromatic heterocycles. The number of amides is 1. The molecule has 1 amide bonds. The standard InChI is InChI=1S/C13H11ClN2O2/c14-12-7-3-5-10(16-12)13(18)15-8-9-4-1-2-6-11(9)17/h1-7,17H,8H2,(H,15,18). The van der Waals surface area contributed by atoms with E-state index in [9.17, 15) is 9.90 Å². The quantitative estimate of drug-likeness (QED) is 0.835. The van der Waals surface area contributed by atoms with Crippen LogP contribution in [0, 0.1) is 0 Å². The van der Waals surface area contributed by atoms with E-state index in [-0.39, 0.29) is 29.0 Å². The van der Waals surface area contributed by atoms with Crippen LogP contribution >= 0.6 is 11.6 Å². The van der Waals surface area contributed by atoms with E-state index in [0.717, 1.165) is 0 Å². The predicted molar refractivity (Wildman–Crippen MR) is 68.5 cm³/mol. The number of hydrogen-bond acceptors (Lipinski definition) is 3. The number of hydrogen-bond donors (Lipinski definition) is 2. The van der Waals surface area contributed by atoms with Gasteiger partial charge in [0.25, 0.3) is 5.91 Å². The minimum absolute atomic E-state index is 0.150. The first-order chi connectivity index (χ1) is 8.66. The Morgan fingerprint density at radius 2 is 2.00 bits per heavy atom. The molecule has 0 bridgehead atoms. The van der Waals surface area contributed by atoms with Crippen molar-refractivity contribution in [3.05, 3.63) is 58.9 Å². The van der Waals surface area contributed by atoms with Crippen molar-refractivity contribution in [1.29, 1.82) is 0 Å². The number of pyridine rings is 1. The summed E-state index contributed by atoms with van der Waals surface area (Å²) in [6.45, 7) is 0.236. The summed E-state index contributed by atoms with van der Waals surface area (Å²) >= 11 is 5.70. The topological polar surface area (TPSA) is 62.2 Å². The highest BCUT2D eigenvalue weighted by Gasteiger charge is 2.08. The van der Waals surface area contributed by atoms with E-state index in [1.54, 1.807) is 42.5 Å². The zero-order chi connectivity index (χ0) is 13.0. The van der Waals surface area contributed by atoms with Gasteiger partial charge in [-0.1, -0.05) is 35.9 Å². The molecule has 18 heavy (non-hydrogen) atoms. The molecule has 0 aliphatic heterocycles. The first-order valence-corrected chi connectivity index (χ1v) is 5.72. The number of aromatic nitrogens is 1. The van der Waals surface area contributed by atoms with Crippen molar-refractivity contribution in [3.63, 3.8) is 0 Å². The maximum atomic E-state index is 11.8. The molecule has 0 saturated carbocycles. The number of carbonyl (C=O) groups excluding carboxylic acids is 1. The Morgan fingerprint density at radius 3 is 2.72 bits per heavy atom. The minimum atomic E-state index is -0.333. The lowest BCUT2D eigenvalue weighted by Gasteiger charge is -2.06. The Kier molecular flexibility index (Phi) is 3.79. The molecule has 2 aromatic rings. The third-order valence-corrected chi connectivity index (χ3v) is 2.59. The van der Waals surface area contributed by atoms with Gasteiger partial charge in [-0.25, -0.2) is 4.98 Å². The normalized spacial score (nSPS) is 10.1. The molecule has 1 aromatic carbocycles. The van der Waals surface area contributed by atoms with Gasteiger partial charge in [0.15, 0.2) is 0 Å². The van der Waals surface area contributed by atoms with E-state index < -0.39 is 0 Å². The molecule has 4 nitrogen and oxygen atoms in total. The molecule has 0 aliphatic carbocycles. The number of para-hydroxylation sites is 1. The van der Waals surface area contributed by atoms with Gasteiger partial charge in [-0.2, -0.15) is 0 Å². The number of halogens is 1. The van der Waals surface area contributed by atoms with Crippen LogP contribution in [0.5, 0.6) is 5.75 Å². The molecule has 2 N–H and O–H groups in total. The van der Waals surface area contributed by atoms with Crippen LogP contribution in [0.1, 0.15) is 16.1 Å². The van der Waals surface area contributed by atoms with Crippen LogP contribution in [-0.4, -0.2) is 16.0 Å². The summed E-state index contributed by atoms with van der Waals surface area (Å²) in [4.78, 5) is 15.7. The zero-order valence-electron chi connectivity index (χ0n) is 9.43. The first-order valence-electron chi connectivity index (χ1n) is 5.34. The number of phenols is 1. The zero-order valence-corrected chi connectivity index (χ0v) is 10.2. The van der Waals surface area contributed by atoms with E-state index in [1.807, 2.05) is 0 Å². The van der Waals surface area contributed by atoms with Gasteiger partial charge in [-0.15, -0.1) is 0 Å². The van der Waals surface area contributed by atoms with Crippen molar-refractivity contribution in [2.45, 2.75) is 6.54 Å². The Morgan fingerprint density at radius 1 is 1.22 bits per heavy atom. The van der Waals surface area contributed by atoms with Gasteiger partial charge < -0.3 is 10.4 Å². The summed E-state index contributed by atoms with van der Waals surface area (Å²) < 4.78 is 0. The first kappa shape index (κ1) is 12.4. The van der Waals surface area contributed by atoms with Crippen molar-refractivity contribution in [1.82, 2.24) is 10.3 Å². The molecule has 0 fully saturated rings. The third-order valence-electron chi connectivity index (χ3n) is 2.38. The lowest BCUT2D eigenvalue weighted by molar-refractivity contribution is 0.0946. The van der Waals surface area contributed by atoms with E-state index in [0.29, 0.717) is 5.56 Å². The molecule has 0 saturated heterocycles. The second-order valence-electron chi connectivity index (χ2n) is 3.66. The summed E-state index contributed by atoms with van der Waals surface area (Å²) in [6, 6.07) is 11.6. The number of nitrogens with one attached hydrogen (secondary N) is 1. The fraction of sp³-hybridized carbons (Fsp3) is 0.0769. The number of rotatable bonds is 3. The van der Waals surface area contributed by atoms with Gasteiger partial charge in [0.2, 0.25) is 0 Å². The summed E-state index contributed by atoms with van der Waals surface area (Å²) in [5, 5.41) is 12.5. The van der Waals surface area contributed by atoms with Crippen LogP contribution < -0.4 is 5.32 Å². The van der Waals surface area contributed by atoms with Crippen LogP contribution in [-0.2, 0) is 6.54 Å². The highest BCUT2D eigenvalue weighted by molar-refractivity contribution is 6.29. The van der Waals surface area contributed by atoms with Crippen molar-refractivity contribution in [2.75, 3.05) is 0 Å². The second kappa shape index (κ2) is 5.51. The van der Waals surface area contributed by atoms with Crippen LogP contribution in [0.15, 0.2) is 42.5 Å². The summed E-state index contributed by atoms with van der Waals surface area (Å²) in [5.74, 6) is -0.183. The smallest absolute Gasteiger partial charge is 0.270 e. The van der Waals surface area contributed by atoms with Crippen LogP contribution in [0.3, 0.4) is 0 Å². The maximum Gasteiger partial charge on any atom is 0.270 e. The van der Waals surface area contributed by atoms with Gasteiger partial charge in [0, 0.05) is 12.1 Å². The van der Waals surface area contributed by atoms with Crippen molar-refractivity contribution in [3.8, 4) is 5.75 Å². The van der Waals surface area contributed by atoms with Crippen LogP contribution in [0.4, 0.5) is 0 Å². The summed E-state index contributed by atoms with van der Waals surface area (Å²) in [6.07, 6.45) is 0. The number of benzene rings is 1. The van der Waals surface area contributed by atoms with Gasteiger partial charge >= 0.3 is 0 Å². The number of nitrogens with zero attached hydrogens (tertiary/aromatic N) is 1. The summed E-state index contributed by atoms with van der Waals surface area (Å²) in [7, 11) is 0. The molecule has 5 heteroatoms. The van der Waals surface area contributed by atoms with Gasteiger partial charge in [-0.3, -0.25) is 4.79 Å². The molecular weight excluding hydrogens is 252 g/mol. The van der Waals surface area contributed by atoms with Crippen molar-refractivity contribution >= 4 is 17.5 Å². The molecule has 1 heterocycles. The molecule has 0 unspecified atom stereocenters. The Bertz CT molecular complexity index is 572. The Labute approximate surface area is 109 Å². The van der Waals surface area contributed by atoms with E-state index in [4.69, 9.17) is 11.6 Å². The van der Waals surface area contributed by atoms with Crippen molar-refractivity contribution in [2.24, 2.45) is 0 Å². The monoisotopic (exact) mass is 262 g/mol. The van der Waals surface area contributed by atoms with Gasteiger partial charge in [0.05, 0.1) is 0 Å². The summed E-state index contributed by atoms with van der Waals surface area (Å²) in [5.41, 5.74) is 0.894. The lowest BCUT2D eigenvalue weighted by atomic mass is 10.2. The number of carbonyl (C=O) groups is 1. The number of aromatic hydroxyl groups is 1. The average molecular weight is 263 g/mol. The Hall–Kier alpha value is -2.07. The SMILES string of the molecule is O=C(NCc1ccccc1O)c1cccc(Cl)n1. The molecule has 0 atom stereocenters. The highest BCUT2D eigenvalue weighted by atomic mass is 35.5.